The molecule has 0 aliphatic heterocycles. The van der Waals surface area contributed by atoms with Gasteiger partial charge in [0.05, 0.1) is 12.7 Å². The normalized spacial score (nSPS) is 10.6. The van der Waals surface area contributed by atoms with Gasteiger partial charge < -0.3 is 5.32 Å². The number of benzene rings is 1. The minimum Gasteiger partial charge on any atom is -0.318 e. The van der Waals surface area contributed by atoms with Crippen molar-refractivity contribution in [3.8, 4) is 11.1 Å². The van der Waals surface area contributed by atoms with E-state index >= 15 is 0 Å². The number of halogens is 1. The molecule has 3 nitrogen and oxygen atoms in total. The van der Waals surface area contributed by atoms with Crippen LogP contribution in [0.25, 0.3) is 11.1 Å². The van der Waals surface area contributed by atoms with E-state index in [2.05, 4.69) is 44.7 Å². The summed E-state index contributed by atoms with van der Waals surface area (Å²) in [7, 11) is 1.94. The molecule has 2 aromatic rings. The maximum atomic E-state index is 4.32. The Kier molecular flexibility index (Phi) is 3.74. The molecule has 0 saturated carbocycles. The van der Waals surface area contributed by atoms with Crippen LogP contribution in [0.1, 0.15) is 0 Å². The van der Waals surface area contributed by atoms with Crippen LogP contribution in [-0.2, 0) is 6.54 Å². The molecule has 2 rings (SSSR count). The van der Waals surface area contributed by atoms with Gasteiger partial charge in [-0.2, -0.15) is 5.10 Å². The van der Waals surface area contributed by atoms with Crippen LogP contribution in [0.15, 0.2) is 41.1 Å². The van der Waals surface area contributed by atoms with Gasteiger partial charge in [-0.1, -0.05) is 28.1 Å². The smallest absolute Gasteiger partial charge is 0.0568 e. The highest BCUT2D eigenvalue weighted by molar-refractivity contribution is 9.10. The molecular weight excluding hydrogens is 266 g/mol. The molecule has 1 N–H and O–H groups in total. The van der Waals surface area contributed by atoms with E-state index in [0.29, 0.717) is 0 Å². The molecule has 16 heavy (non-hydrogen) atoms. The molecule has 0 unspecified atom stereocenters. The number of rotatable bonds is 4. The first kappa shape index (κ1) is 11.4. The lowest BCUT2D eigenvalue weighted by Gasteiger charge is -1.99. The first-order valence-corrected chi connectivity index (χ1v) is 6.02. The molecule has 0 fully saturated rings. The Morgan fingerprint density at radius 3 is 2.69 bits per heavy atom. The molecule has 0 spiro atoms. The third kappa shape index (κ3) is 2.71. The van der Waals surface area contributed by atoms with Crippen molar-refractivity contribution in [3.63, 3.8) is 0 Å². The molecule has 0 atom stereocenters. The van der Waals surface area contributed by atoms with E-state index in [1.807, 2.05) is 30.1 Å². The SMILES string of the molecule is CNCCn1cc(-c2ccc(Br)cc2)cn1. The fraction of sp³-hybridized carbons (Fsp3) is 0.250. The summed E-state index contributed by atoms with van der Waals surface area (Å²) in [6, 6.07) is 8.26. The third-order valence-electron chi connectivity index (χ3n) is 2.40. The van der Waals surface area contributed by atoms with Crippen LogP contribution in [0.5, 0.6) is 0 Å². The minimum atomic E-state index is 0.896. The van der Waals surface area contributed by atoms with Gasteiger partial charge in [0.2, 0.25) is 0 Å². The zero-order valence-electron chi connectivity index (χ0n) is 9.15. The zero-order valence-corrected chi connectivity index (χ0v) is 10.7. The Bertz CT molecular complexity index is 448. The second-order valence-electron chi connectivity index (χ2n) is 3.60. The van der Waals surface area contributed by atoms with Crippen LogP contribution in [0.3, 0.4) is 0 Å². The first-order valence-electron chi connectivity index (χ1n) is 5.22. The summed E-state index contributed by atoms with van der Waals surface area (Å²) >= 11 is 3.43. The molecule has 0 radical (unpaired) electrons. The quantitative estimate of drug-likeness (QED) is 0.932. The van der Waals surface area contributed by atoms with E-state index in [4.69, 9.17) is 0 Å². The van der Waals surface area contributed by atoms with E-state index in [-0.39, 0.29) is 0 Å². The molecule has 0 aliphatic carbocycles. The van der Waals surface area contributed by atoms with Crippen molar-refractivity contribution >= 4 is 15.9 Å². The number of hydrogen-bond acceptors (Lipinski definition) is 2. The minimum absolute atomic E-state index is 0.896. The molecule has 4 heteroatoms. The monoisotopic (exact) mass is 279 g/mol. The van der Waals surface area contributed by atoms with Gasteiger partial charge in [-0.05, 0) is 24.7 Å². The van der Waals surface area contributed by atoms with E-state index in [0.717, 1.165) is 23.1 Å². The molecule has 0 bridgehead atoms. The van der Waals surface area contributed by atoms with Gasteiger partial charge in [0.15, 0.2) is 0 Å². The summed E-state index contributed by atoms with van der Waals surface area (Å²) in [5.74, 6) is 0. The average Bonchev–Trinajstić information content (AvgIpc) is 2.76. The molecule has 0 amide bonds. The second kappa shape index (κ2) is 5.27. The zero-order chi connectivity index (χ0) is 11.4. The van der Waals surface area contributed by atoms with Crippen molar-refractivity contribution in [2.24, 2.45) is 0 Å². The average molecular weight is 280 g/mol. The van der Waals surface area contributed by atoms with Gasteiger partial charge in [-0.3, -0.25) is 4.68 Å². The van der Waals surface area contributed by atoms with Gasteiger partial charge in [0.1, 0.15) is 0 Å². The molecule has 1 heterocycles. The Balaban J connectivity index is 2.15. The fourth-order valence-corrected chi connectivity index (χ4v) is 1.77. The van der Waals surface area contributed by atoms with Crippen molar-refractivity contribution in [2.45, 2.75) is 6.54 Å². The highest BCUT2D eigenvalue weighted by Crippen LogP contribution is 2.20. The number of hydrogen-bond donors (Lipinski definition) is 1. The number of likely N-dealkylation sites (N-methyl/N-ethyl adjacent to an activating group) is 1. The van der Waals surface area contributed by atoms with Crippen molar-refractivity contribution in [1.82, 2.24) is 15.1 Å². The molecule has 84 valence electrons. The lowest BCUT2D eigenvalue weighted by Crippen LogP contribution is -2.14. The van der Waals surface area contributed by atoms with Crippen LogP contribution in [0.2, 0.25) is 0 Å². The summed E-state index contributed by atoms with van der Waals surface area (Å²) in [5.41, 5.74) is 2.35. The topological polar surface area (TPSA) is 29.9 Å². The molecule has 1 aromatic carbocycles. The van der Waals surface area contributed by atoms with Crippen LogP contribution in [-0.4, -0.2) is 23.4 Å². The molecule has 1 aromatic heterocycles. The van der Waals surface area contributed by atoms with E-state index in [9.17, 15) is 0 Å². The highest BCUT2D eigenvalue weighted by Gasteiger charge is 2.01. The van der Waals surface area contributed by atoms with Gasteiger partial charge in [0.25, 0.3) is 0 Å². The lowest BCUT2D eigenvalue weighted by molar-refractivity contribution is 0.585. The lowest BCUT2D eigenvalue weighted by atomic mass is 10.1. The molecule has 0 saturated heterocycles. The summed E-state index contributed by atoms with van der Waals surface area (Å²) in [5, 5.41) is 7.42. The van der Waals surface area contributed by atoms with E-state index < -0.39 is 0 Å². The largest absolute Gasteiger partial charge is 0.318 e. The van der Waals surface area contributed by atoms with Crippen molar-refractivity contribution < 1.29 is 0 Å². The van der Waals surface area contributed by atoms with Gasteiger partial charge in [-0.25, -0.2) is 0 Å². The predicted molar refractivity (Wildman–Crippen MR) is 69.3 cm³/mol. The number of aromatic nitrogens is 2. The van der Waals surface area contributed by atoms with Crippen molar-refractivity contribution in [3.05, 3.63) is 41.1 Å². The van der Waals surface area contributed by atoms with Gasteiger partial charge in [0, 0.05) is 22.8 Å². The summed E-state index contributed by atoms with van der Waals surface area (Å²) in [6.07, 6.45) is 3.97. The van der Waals surface area contributed by atoms with Crippen molar-refractivity contribution in [2.75, 3.05) is 13.6 Å². The summed E-state index contributed by atoms with van der Waals surface area (Å²) < 4.78 is 3.05. The first-order chi connectivity index (χ1) is 7.79. The van der Waals surface area contributed by atoms with E-state index in [1.54, 1.807) is 0 Å². The standard InChI is InChI=1S/C12H14BrN3/c1-14-6-7-16-9-11(8-15-16)10-2-4-12(13)5-3-10/h2-5,8-9,14H,6-7H2,1H3. The Hall–Kier alpha value is -1.13. The molecule has 0 aliphatic rings. The van der Waals surface area contributed by atoms with Crippen LogP contribution >= 0.6 is 15.9 Å². The van der Waals surface area contributed by atoms with Crippen molar-refractivity contribution in [1.29, 1.82) is 0 Å². The maximum Gasteiger partial charge on any atom is 0.0568 e. The highest BCUT2D eigenvalue weighted by atomic mass is 79.9. The number of nitrogens with zero attached hydrogens (tertiary/aromatic N) is 2. The van der Waals surface area contributed by atoms with Crippen LogP contribution < -0.4 is 5.32 Å². The maximum absolute atomic E-state index is 4.32. The Morgan fingerprint density at radius 1 is 1.25 bits per heavy atom. The Morgan fingerprint density at radius 2 is 2.00 bits per heavy atom. The Labute approximate surface area is 104 Å². The number of nitrogens with one attached hydrogen (secondary N) is 1. The van der Waals surface area contributed by atoms with Gasteiger partial charge >= 0.3 is 0 Å². The van der Waals surface area contributed by atoms with Crippen LogP contribution in [0, 0.1) is 0 Å². The second-order valence-corrected chi connectivity index (χ2v) is 4.52. The van der Waals surface area contributed by atoms with Gasteiger partial charge in [-0.15, -0.1) is 0 Å². The fourth-order valence-electron chi connectivity index (χ4n) is 1.50. The predicted octanol–water partition coefficient (Wildman–Crippen LogP) is 2.53. The summed E-state index contributed by atoms with van der Waals surface area (Å²) in [6.45, 7) is 1.83. The molecular formula is C12H14BrN3. The summed E-state index contributed by atoms with van der Waals surface area (Å²) in [4.78, 5) is 0. The van der Waals surface area contributed by atoms with Crippen LogP contribution in [0.4, 0.5) is 0 Å². The third-order valence-corrected chi connectivity index (χ3v) is 2.93. The van der Waals surface area contributed by atoms with E-state index in [1.165, 1.54) is 5.56 Å².